The van der Waals surface area contributed by atoms with Crippen LogP contribution in [-0.4, -0.2) is 19.2 Å². The van der Waals surface area contributed by atoms with Gasteiger partial charge in [-0.3, -0.25) is 0 Å². The van der Waals surface area contributed by atoms with Crippen LogP contribution in [0.1, 0.15) is 72.1 Å². The first-order chi connectivity index (χ1) is 13.4. The zero-order valence-electron chi connectivity index (χ0n) is 17.8. The van der Waals surface area contributed by atoms with E-state index in [2.05, 4.69) is 32.1 Å². The lowest BCUT2D eigenvalue weighted by Gasteiger charge is -2.62. The molecule has 0 aromatic carbocycles. The molecule has 1 saturated heterocycles. The van der Waals surface area contributed by atoms with Crippen LogP contribution in [0, 0.1) is 28.1 Å². The van der Waals surface area contributed by atoms with Crippen LogP contribution >= 0.6 is 0 Å². The van der Waals surface area contributed by atoms with E-state index >= 15 is 0 Å². The molecule has 3 nitrogen and oxygen atoms in total. The fourth-order valence-corrected chi connectivity index (χ4v) is 8.89. The molecule has 1 aliphatic heterocycles. The average molecular weight is 383 g/mol. The third-order valence-electron chi connectivity index (χ3n) is 10.2. The highest BCUT2D eigenvalue weighted by molar-refractivity contribution is 5.41. The summed E-state index contributed by atoms with van der Waals surface area (Å²) in [6.45, 7) is 6.80. The highest BCUT2D eigenvalue weighted by Gasteiger charge is 2.77. The van der Waals surface area contributed by atoms with Crippen molar-refractivity contribution in [3.8, 4) is 0 Å². The summed E-state index contributed by atoms with van der Waals surface area (Å²) in [7, 11) is 1.82. The molecular formula is C25H34O3. The van der Waals surface area contributed by atoms with Crippen molar-refractivity contribution >= 4 is 0 Å². The van der Waals surface area contributed by atoms with Crippen molar-refractivity contribution in [2.24, 2.45) is 28.1 Å². The summed E-state index contributed by atoms with van der Waals surface area (Å²) in [5, 5.41) is 0. The maximum absolute atomic E-state index is 6.28. The lowest BCUT2D eigenvalue weighted by molar-refractivity contribution is -0.477. The van der Waals surface area contributed by atoms with Gasteiger partial charge in [-0.1, -0.05) is 30.2 Å². The van der Waals surface area contributed by atoms with Gasteiger partial charge in [0.2, 0.25) is 0 Å². The highest BCUT2D eigenvalue weighted by Crippen LogP contribution is 2.81. The Bertz CT molecular complexity index is 816. The molecule has 2 bridgehead atoms. The molecule has 0 spiro atoms. The second-order valence-electron chi connectivity index (χ2n) is 10.6. The molecule has 1 heterocycles. The molecule has 5 aliphatic carbocycles. The molecule has 3 heteroatoms. The van der Waals surface area contributed by atoms with E-state index in [-0.39, 0.29) is 17.1 Å². The van der Waals surface area contributed by atoms with Crippen LogP contribution in [0.2, 0.25) is 0 Å². The van der Waals surface area contributed by atoms with E-state index in [4.69, 9.17) is 14.2 Å². The minimum absolute atomic E-state index is 0.0435. The van der Waals surface area contributed by atoms with E-state index in [1.54, 1.807) is 11.1 Å². The van der Waals surface area contributed by atoms with Gasteiger partial charge >= 0.3 is 0 Å². The molecule has 0 radical (unpaired) electrons. The smallest absolute Gasteiger partial charge is 0.181 e. The molecule has 0 N–H and O–H groups in total. The van der Waals surface area contributed by atoms with Gasteiger partial charge in [0, 0.05) is 11.8 Å². The topological polar surface area (TPSA) is 27.7 Å². The summed E-state index contributed by atoms with van der Waals surface area (Å²) in [4.78, 5) is 0. The first-order valence-electron chi connectivity index (χ1n) is 11.4. The Hall–Kier alpha value is -1.06. The Morgan fingerprint density at radius 1 is 1.07 bits per heavy atom. The number of rotatable bonds is 2. The molecule has 152 valence electrons. The lowest BCUT2D eigenvalue weighted by Crippen LogP contribution is -2.65. The molecule has 28 heavy (non-hydrogen) atoms. The zero-order chi connectivity index (χ0) is 19.4. The minimum atomic E-state index is -0.442. The quantitative estimate of drug-likeness (QED) is 0.558. The van der Waals surface area contributed by atoms with Crippen LogP contribution in [0.15, 0.2) is 35.1 Å². The van der Waals surface area contributed by atoms with Gasteiger partial charge in [-0.25, -0.2) is 0 Å². The molecule has 6 rings (SSSR count). The Morgan fingerprint density at radius 2 is 1.89 bits per heavy atom. The maximum atomic E-state index is 6.28. The Kier molecular flexibility index (Phi) is 3.39. The van der Waals surface area contributed by atoms with Crippen LogP contribution in [-0.2, 0) is 14.2 Å². The summed E-state index contributed by atoms with van der Waals surface area (Å²) in [5.41, 5.74) is 4.09. The van der Waals surface area contributed by atoms with Gasteiger partial charge in [0.1, 0.15) is 0 Å². The van der Waals surface area contributed by atoms with Gasteiger partial charge in [-0.2, -0.15) is 0 Å². The van der Waals surface area contributed by atoms with Crippen molar-refractivity contribution in [3.05, 3.63) is 35.1 Å². The predicted molar refractivity (Wildman–Crippen MR) is 108 cm³/mol. The van der Waals surface area contributed by atoms with E-state index in [0.717, 1.165) is 24.7 Å². The standard InChI is InChI=1S/C25H34O3/c1-16-27-23(3,28-16)25-13-11-24(12-14-25)21-8-5-17-15-18(26-4)6-7-19(17)20(21)9-10-22(24,25)2/h6,11,13,16,20-21H,5,7-10,12,14-15H2,1-4H3/t16?,20-,21-,22+,23?,24?,25-/m1/s1. The van der Waals surface area contributed by atoms with Crippen molar-refractivity contribution in [2.45, 2.75) is 84.2 Å². The molecule has 0 aromatic rings. The van der Waals surface area contributed by atoms with Gasteiger partial charge in [0.25, 0.3) is 0 Å². The van der Waals surface area contributed by atoms with Gasteiger partial charge < -0.3 is 14.2 Å². The normalized spacial score (nSPS) is 53.9. The summed E-state index contributed by atoms with van der Waals surface area (Å²) >= 11 is 0. The number of allylic oxidation sites excluding steroid dienone is 4. The van der Waals surface area contributed by atoms with Gasteiger partial charge in [0.15, 0.2) is 12.1 Å². The van der Waals surface area contributed by atoms with Gasteiger partial charge in [-0.05, 0) is 87.5 Å². The van der Waals surface area contributed by atoms with Crippen molar-refractivity contribution in [3.63, 3.8) is 0 Å². The average Bonchev–Trinajstić information content (AvgIpc) is 3.11. The van der Waals surface area contributed by atoms with Gasteiger partial charge in [-0.15, -0.1) is 0 Å². The third-order valence-corrected chi connectivity index (χ3v) is 10.2. The molecule has 0 amide bonds. The number of ether oxygens (including phenoxy) is 3. The highest BCUT2D eigenvalue weighted by atomic mass is 16.9. The fraction of sp³-hybridized carbons (Fsp3) is 0.760. The molecular weight excluding hydrogens is 348 g/mol. The summed E-state index contributed by atoms with van der Waals surface area (Å²) in [6, 6.07) is 0. The monoisotopic (exact) mass is 382 g/mol. The molecule has 0 aromatic heterocycles. The zero-order valence-corrected chi connectivity index (χ0v) is 17.8. The first kappa shape index (κ1) is 17.8. The number of methoxy groups -OCH3 is 1. The summed E-state index contributed by atoms with van der Waals surface area (Å²) < 4.78 is 18.1. The SMILES string of the molecule is COC1=CCC2=C(CC[C@@H]3[C@@H]2CC[C@@]2(C)C34C=C[C@@]2(C2(C)OC(C)O2)CC4)C1. The van der Waals surface area contributed by atoms with Crippen LogP contribution in [0.25, 0.3) is 0 Å². The fourth-order valence-electron chi connectivity index (χ4n) is 8.89. The second kappa shape index (κ2) is 5.35. The Morgan fingerprint density at radius 3 is 2.57 bits per heavy atom. The van der Waals surface area contributed by atoms with Crippen molar-refractivity contribution in [1.29, 1.82) is 0 Å². The Balaban J connectivity index is 1.37. The molecule has 6 aliphatic rings. The van der Waals surface area contributed by atoms with E-state index in [1.807, 2.05) is 14.0 Å². The lowest BCUT2D eigenvalue weighted by atomic mass is 9.45. The maximum Gasteiger partial charge on any atom is 0.181 e. The minimum Gasteiger partial charge on any atom is -0.501 e. The second-order valence-corrected chi connectivity index (χ2v) is 10.6. The summed E-state index contributed by atoms with van der Waals surface area (Å²) in [5.74, 6) is 2.28. The van der Waals surface area contributed by atoms with Crippen LogP contribution in [0.4, 0.5) is 0 Å². The van der Waals surface area contributed by atoms with E-state index in [0.29, 0.717) is 5.41 Å². The summed E-state index contributed by atoms with van der Waals surface area (Å²) in [6.07, 6.45) is 17.4. The molecule has 1 unspecified atom stereocenters. The number of hydrogen-bond donors (Lipinski definition) is 0. The van der Waals surface area contributed by atoms with Crippen LogP contribution < -0.4 is 0 Å². The molecule has 5 atom stereocenters. The molecule has 3 fully saturated rings. The van der Waals surface area contributed by atoms with E-state index < -0.39 is 5.79 Å². The van der Waals surface area contributed by atoms with E-state index in [1.165, 1.54) is 44.3 Å². The number of hydrogen-bond acceptors (Lipinski definition) is 3. The van der Waals surface area contributed by atoms with E-state index in [9.17, 15) is 0 Å². The third kappa shape index (κ3) is 1.77. The number of fused-ring (bicyclic) bond motifs is 2. The van der Waals surface area contributed by atoms with Crippen LogP contribution in [0.3, 0.4) is 0 Å². The van der Waals surface area contributed by atoms with Crippen molar-refractivity contribution < 1.29 is 14.2 Å². The van der Waals surface area contributed by atoms with Crippen molar-refractivity contribution in [2.75, 3.05) is 7.11 Å². The first-order valence-corrected chi connectivity index (χ1v) is 11.4. The predicted octanol–water partition coefficient (Wildman–Crippen LogP) is 5.88. The van der Waals surface area contributed by atoms with Gasteiger partial charge in [0.05, 0.1) is 12.9 Å². The molecule has 2 saturated carbocycles. The Labute approximate surface area is 169 Å². The van der Waals surface area contributed by atoms with Crippen molar-refractivity contribution in [1.82, 2.24) is 0 Å². The van der Waals surface area contributed by atoms with Crippen LogP contribution in [0.5, 0.6) is 0 Å². The largest absolute Gasteiger partial charge is 0.501 e.